The van der Waals surface area contributed by atoms with Crippen LogP contribution in [-0.4, -0.2) is 17.6 Å². The molecule has 0 aromatic carbocycles. The van der Waals surface area contributed by atoms with Crippen molar-refractivity contribution in [1.29, 1.82) is 0 Å². The minimum atomic E-state index is 0.684. The second kappa shape index (κ2) is 4.18. The molecule has 1 aromatic rings. The molecule has 0 radical (unpaired) electrons. The summed E-state index contributed by atoms with van der Waals surface area (Å²) >= 11 is 0. The molecule has 0 saturated carbocycles. The number of H-pyrrole nitrogens is 1. The van der Waals surface area contributed by atoms with Crippen LogP contribution in [0.1, 0.15) is 31.5 Å². The fourth-order valence-electron chi connectivity index (χ4n) is 2.12. The Balaban J connectivity index is 1.88. The zero-order chi connectivity index (χ0) is 9.97. The standard InChI is InChI=1S/C12H20N2/c1-9(2)8-14-11-4-3-10-5-6-13-12(10)7-11/h5-6,9,11,13-14H,3-4,7-8H2,1-2H3. The topological polar surface area (TPSA) is 27.8 Å². The lowest BCUT2D eigenvalue weighted by Crippen LogP contribution is -2.36. The van der Waals surface area contributed by atoms with Gasteiger partial charge in [-0.3, -0.25) is 0 Å². The van der Waals surface area contributed by atoms with E-state index in [2.05, 4.69) is 36.4 Å². The lowest BCUT2D eigenvalue weighted by molar-refractivity contribution is 0.423. The van der Waals surface area contributed by atoms with E-state index in [1.54, 1.807) is 0 Å². The fourth-order valence-corrected chi connectivity index (χ4v) is 2.12. The first-order valence-electron chi connectivity index (χ1n) is 5.64. The third kappa shape index (κ3) is 2.18. The predicted octanol–water partition coefficient (Wildman–Crippen LogP) is 2.12. The Hall–Kier alpha value is -0.760. The number of fused-ring (bicyclic) bond motifs is 1. The quantitative estimate of drug-likeness (QED) is 0.754. The van der Waals surface area contributed by atoms with E-state index < -0.39 is 0 Å². The van der Waals surface area contributed by atoms with E-state index >= 15 is 0 Å². The average molecular weight is 192 g/mol. The van der Waals surface area contributed by atoms with E-state index in [9.17, 15) is 0 Å². The summed E-state index contributed by atoms with van der Waals surface area (Å²) < 4.78 is 0. The van der Waals surface area contributed by atoms with Gasteiger partial charge in [-0.15, -0.1) is 0 Å². The van der Waals surface area contributed by atoms with E-state index in [0.29, 0.717) is 6.04 Å². The lowest BCUT2D eigenvalue weighted by atomic mass is 9.93. The first kappa shape index (κ1) is 9.78. The fraction of sp³-hybridized carbons (Fsp3) is 0.667. The van der Waals surface area contributed by atoms with Crippen LogP contribution in [0.15, 0.2) is 12.3 Å². The largest absolute Gasteiger partial charge is 0.365 e. The Kier molecular flexibility index (Phi) is 2.92. The normalized spacial score (nSPS) is 21.2. The number of hydrogen-bond acceptors (Lipinski definition) is 1. The molecule has 1 unspecified atom stereocenters. The van der Waals surface area contributed by atoms with Crippen LogP contribution in [0.3, 0.4) is 0 Å². The summed E-state index contributed by atoms with van der Waals surface area (Å²) in [6.07, 6.45) is 5.76. The molecule has 0 spiro atoms. The van der Waals surface area contributed by atoms with E-state index in [1.165, 1.54) is 30.5 Å². The van der Waals surface area contributed by atoms with Crippen molar-refractivity contribution >= 4 is 0 Å². The number of aromatic amines is 1. The summed E-state index contributed by atoms with van der Waals surface area (Å²) in [7, 11) is 0. The summed E-state index contributed by atoms with van der Waals surface area (Å²) in [6.45, 7) is 5.66. The Morgan fingerprint density at radius 2 is 2.43 bits per heavy atom. The van der Waals surface area contributed by atoms with E-state index in [-0.39, 0.29) is 0 Å². The summed E-state index contributed by atoms with van der Waals surface area (Å²) in [6, 6.07) is 2.90. The van der Waals surface area contributed by atoms with Crippen molar-refractivity contribution < 1.29 is 0 Å². The van der Waals surface area contributed by atoms with Crippen LogP contribution in [0.4, 0.5) is 0 Å². The SMILES string of the molecule is CC(C)CNC1CCc2cc[nH]c2C1. The molecule has 14 heavy (non-hydrogen) atoms. The van der Waals surface area contributed by atoms with Crippen LogP contribution in [0.2, 0.25) is 0 Å². The molecule has 0 amide bonds. The predicted molar refractivity (Wildman–Crippen MR) is 59.4 cm³/mol. The highest BCUT2D eigenvalue weighted by molar-refractivity contribution is 5.24. The van der Waals surface area contributed by atoms with Crippen molar-refractivity contribution in [1.82, 2.24) is 10.3 Å². The van der Waals surface area contributed by atoms with E-state index in [0.717, 1.165) is 12.5 Å². The molecule has 2 nitrogen and oxygen atoms in total. The maximum atomic E-state index is 3.63. The van der Waals surface area contributed by atoms with Gasteiger partial charge in [0.05, 0.1) is 0 Å². The number of nitrogens with one attached hydrogen (secondary N) is 2. The van der Waals surface area contributed by atoms with Crippen LogP contribution in [-0.2, 0) is 12.8 Å². The monoisotopic (exact) mass is 192 g/mol. The van der Waals surface area contributed by atoms with Gasteiger partial charge < -0.3 is 10.3 Å². The molecule has 1 atom stereocenters. The van der Waals surface area contributed by atoms with Gasteiger partial charge in [0.1, 0.15) is 0 Å². The molecule has 0 aliphatic heterocycles. The van der Waals surface area contributed by atoms with Crippen molar-refractivity contribution in [2.75, 3.05) is 6.54 Å². The minimum Gasteiger partial charge on any atom is -0.365 e. The summed E-state index contributed by atoms with van der Waals surface area (Å²) in [5.41, 5.74) is 2.96. The van der Waals surface area contributed by atoms with Crippen molar-refractivity contribution in [2.24, 2.45) is 5.92 Å². The van der Waals surface area contributed by atoms with Gasteiger partial charge in [0, 0.05) is 24.4 Å². The van der Waals surface area contributed by atoms with Crippen molar-refractivity contribution in [2.45, 2.75) is 39.2 Å². The van der Waals surface area contributed by atoms with Crippen molar-refractivity contribution in [3.63, 3.8) is 0 Å². The molecule has 0 bridgehead atoms. The summed E-state index contributed by atoms with van der Waals surface area (Å²) in [5, 5.41) is 3.63. The third-order valence-corrected chi connectivity index (χ3v) is 2.96. The maximum Gasteiger partial charge on any atom is 0.0195 e. The minimum absolute atomic E-state index is 0.684. The highest BCUT2D eigenvalue weighted by atomic mass is 14.9. The molecule has 2 N–H and O–H groups in total. The number of rotatable bonds is 3. The molecular formula is C12H20N2. The highest BCUT2D eigenvalue weighted by Crippen LogP contribution is 2.19. The van der Waals surface area contributed by atoms with Gasteiger partial charge in [-0.05, 0) is 36.9 Å². The summed E-state index contributed by atoms with van der Waals surface area (Å²) in [4.78, 5) is 3.34. The molecule has 1 aliphatic rings. The number of hydrogen-bond donors (Lipinski definition) is 2. The van der Waals surface area contributed by atoms with Gasteiger partial charge in [0.25, 0.3) is 0 Å². The third-order valence-electron chi connectivity index (χ3n) is 2.96. The van der Waals surface area contributed by atoms with Gasteiger partial charge in [0.15, 0.2) is 0 Å². The van der Waals surface area contributed by atoms with Crippen LogP contribution < -0.4 is 5.32 Å². The molecule has 2 rings (SSSR count). The molecule has 1 aromatic heterocycles. The molecule has 2 heteroatoms. The molecular weight excluding hydrogens is 172 g/mol. The molecule has 78 valence electrons. The second-order valence-electron chi connectivity index (χ2n) is 4.72. The number of aromatic nitrogens is 1. The zero-order valence-electron chi connectivity index (χ0n) is 9.14. The Morgan fingerprint density at radius 3 is 3.21 bits per heavy atom. The zero-order valence-corrected chi connectivity index (χ0v) is 9.14. The second-order valence-corrected chi connectivity index (χ2v) is 4.72. The first-order valence-corrected chi connectivity index (χ1v) is 5.64. The van der Waals surface area contributed by atoms with Crippen molar-refractivity contribution in [3.05, 3.63) is 23.5 Å². The maximum absolute atomic E-state index is 3.63. The van der Waals surface area contributed by atoms with Gasteiger partial charge >= 0.3 is 0 Å². The Bertz CT molecular complexity index is 288. The van der Waals surface area contributed by atoms with Crippen molar-refractivity contribution in [3.8, 4) is 0 Å². The van der Waals surface area contributed by atoms with Gasteiger partial charge in [-0.2, -0.15) is 0 Å². The summed E-state index contributed by atoms with van der Waals surface area (Å²) in [5.74, 6) is 0.750. The van der Waals surface area contributed by atoms with Crippen LogP contribution in [0, 0.1) is 5.92 Å². The van der Waals surface area contributed by atoms with E-state index in [1.807, 2.05) is 0 Å². The van der Waals surface area contributed by atoms with Gasteiger partial charge in [-0.25, -0.2) is 0 Å². The van der Waals surface area contributed by atoms with Gasteiger partial charge in [0.2, 0.25) is 0 Å². The molecule has 1 aliphatic carbocycles. The van der Waals surface area contributed by atoms with Crippen LogP contribution >= 0.6 is 0 Å². The van der Waals surface area contributed by atoms with Gasteiger partial charge in [-0.1, -0.05) is 13.8 Å². The lowest BCUT2D eigenvalue weighted by Gasteiger charge is -2.24. The Morgan fingerprint density at radius 1 is 1.57 bits per heavy atom. The highest BCUT2D eigenvalue weighted by Gasteiger charge is 2.18. The molecule has 0 saturated heterocycles. The smallest absolute Gasteiger partial charge is 0.0195 e. The number of aryl methyl sites for hydroxylation is 1. The first-order chi connectivity index (χ1) is 6.75. The Labute approximate surface area is 86.1 Å². The average Bonchev–Trinajstić information content (AvgIpc) is 2.61. The van der Waals surface area contributed by atoms with Crippen LogP contribution in [0.5, 0.6) is 0 Å². The molecule has 1 heterocycles. The van der Waals surface area contributed by atoms with E-state index in [4.69, 9.17) is 0 Å². The molecule has 0 fully saturated rings. The van der Waals surface area contributed by atoms with Crippen LogP contribution in [0.25, 0.3) is 0 Å².